The van der Waals surface area contributed by atoms with Gasteiger partial charge in [0.1, 0.15) is 11.5 Å². The van der Waals surface area contributed by atoms with Crippen molar-refractivity contribution in [1.82, 2.24) is 15.6 Å². The number of hydrogen-bond donors (Lipinski definition) is 4. The highest BCUT2D eigenvalue weighted by Crippen LogP contribution is 2.23. The summed E-state index contributed by atoms with van der Waals surface area (Å²) in [6.45, 7) is 3.34. The standard InChI is InChI=1S/C21H26N4O2/c1-14-5-4-6-18-20(14)15(12-24-18)9-10-23-21(22-2)25-13-16-11-17(27-3)7-8-19(16)26/h4-8,11-12,24,26H,9-10,13H2,1-3H3,(H2,22,23,25). The van der Waals surface area contributed by atoms with E-state index in [0.29, 0.717) is 18.3 Å². The van der Waals surface area contributed by atoms with Crippen LogP contribution in [-0.2, 0) is 13.0 Å². The molecule has 4 N–H and O–H groups in total. The number of phenols is 1. The van der Waals surface area contributed by atoms with E-state index >= 15 is 0 Å². The summed E-state index contributed by atoms with van der Waals surface area (Å²) in [7, 11) is 3.34. The van der Waals surface area contributed by atoms with Gasteiger partial charge in [0.25, 0.3) is 0 Å². The Bertz CT molecular complexity index is 947. The van der Waals surface area contributed by atoms with Crippen molar-refractivity contribution in [2.45, 2.75) is 19.9 Å². The minimum Gasteiger partial charge on any atom is -0.508 e. The van der Waals surface area contributed by atoms with Crippen molar-refractivity contribution in [3.63, 3.8) is 0 Å². The molecule has 0 aliphatic carbocycles. The number of fused-ring (bicyclic) bond motifs is 1. The Morgan fingerprint density at radius 1 is 1.19 bits per heavy atom. The summed E-state index contributed by atoms with van der Waals surface area (Å²) in [5, 5.41) is 17.8. The number of aromatic hydroxyl groups is 1. The van der Waals surface area contributed by atoms with Crippen LogP contribution in [0.25, 0.3) is 10.9 Å². The second-order valence-corrected chi connectivity index (χ2v) is 6.41. The molecule has 0 bridgehead atoms. The van der Waals surface area contributed by atoms with Gasteiger partial charge in [-0.1, -0.05) is 12.1 Å². The Morgan fingerprint density at radius 3 is 2.81 bits per heavy atom. The molecule has 0 unspecified atom stereocenters. The highest BCUT2D eigenvalue weighted by atomic mass is 16.5. The number of aromatic nitrogens is 1. The van der Waals surface area contributed by atoms with Gasteiger partial charge >= 0.3 is 0 Å². The van der Waals surface area contributed by atoms with Crippen LogP contribution < -0.4 is 15.4 Å². The molecule has 0 saturated carbocycles. The average Bonchev–Trinajstić information content (AvgIpc) is 3.10. The molecule has 6 heteroatoms. The maximum Gasteiger partial charge on any atom is 0.191 e. The first-order valence-electron chi connectivity index (χ1n) is 8.98. The smallest absolute Gasteiger partial charge is 0.191 e. The number of ether oxygens (including phenoxy) is 1. The fourth-order valence-corrected chi connectivity index (χ4v) is 3.19. The van der Waals surface area contributed by atoms with Crippen LogP contribution in [0.5, 0.6) is 11.5 Å². The number of methoxy groups -OCH3 is 1. The lowest BCUT2D eigenvalue weighted by molar-refractivity contribution is 0.410. The molecule has 3 aromatic rings. The predicted molar refractivity (Wildman–Crippen MR) is 110 cm³/mol. The Balaban J connectivity index is 1.57. The van der Waals surface area contributed by atoms with E-state index in [-0.39, 0.29) is 5.75 Å². The summed E-state index contributed by atoms with van der Waals surface area (Å²) < 4.78 is 5.21. The van der Waals surface area contributed by atoms with Crippen LogP contribution in [0.2, 0.25) is 0 Å². The number of phenolic OH excluding ortho intramolecular Hbond substituents is 1. The number of aromatic amines is 1. The lowest BCUT2D eigenvalue weighted by atomic mass is 10.1. The molecule has 27 heavy (non-hydrogen) atoms. The third-order valence-corrected chi connectivity index (χ3v) is 4.64. The molecule has 2 aromatic carbocycles. The molecule has 0 saturated heterocycles. The minimum absolute atomic E-state index is 0.230. The van der Waals surface area contributed by atoms with Crippen molar-refractivity contribution in [2.24, 2.45) is 4.99 Å². The van der Waals surface area contributed by atoms with Gasteiger partial charge in [-0.2, -0.15) is 0 Å². The van der Waals surface area contributed by atoms with Gasteiger partial charge in [0.2, 0.25) is 0 Å². The fourth-order valence-electron chi connectivity index (χ4n) is 3.19. The third-order valence-electron chi connectivity index (χ3n) is 4.64. The van der Waals surface area contributed by atoms with E-state index in [1.165, 1.54) is 22.0 Å². The van der Waals surface area contributed by atoms with E-state index in [1.807, 2.05) is 6.07 Å². The Labute approximate surface area is 159 Å². The van der Waals surface area contributed by atoms with Gasteiger partial charge in [-0.05, 0) is 48.7 Å². The summed E-state index contributed by atoms with van der Waals surface area (Å²) in [5.41, 5.74) is 4.49. The van der Waals surface area contributed by atoms with Gasteiger partial charge in [0, 0.05) is 42.8 Å². The van der Waals surface area contributed by atoms with Crippen LogP contribution in [0.3, 0.4) is 0 Å². The molecule has 0 atom stereocenters. The monoisotopic (exact) mass is 366 g/mol. The second-order valence-electron chi connectivity index (χ2n) is 6.41. The molecule has 0 amide bonds. The lowest BCUT2D eigenvalue weighted by Gasteiger charge is -2.13. The third kappa shape index (κ3) is 4.34. The van der Waals surface area contributed by atoms with Crippen LogP contribution in [-0.4, -0.2) is 36.8 Å². The summed E-state index contributed by atoms with van der Waals surface area (Å²) in [5.74, 6) is 1.63. The molecule has 6 nitrogen and oxygen atoms in total. The van der Waals surface area contributed by atoms with E-state index in [9.17, 15) is 5.11 Å². The molecule has 0 spiro atoms. The molecule has 3 rings (SSSR count). The van der Waals surface area contributed by atoms with E-state index in [4.69, 9.17) is 4.74 Å². The quantitative estimate of drug-likeness (QED) is 0.399. The zero-order valence-electron chi connectivity index (χ0n) is 16.0. The van der Waals surface area contributed by atoms with Crippen LogP contribution in [0.15, 0.2) is 47.6 Å². The normalized spacial score (nSPS) is 11.6. The predicted octanol–water partition coefficient (Wildman–Crippen LogP) is 3.10. The number of benzene rings is 2. The molecule has 0 fully saturated rings. The highest BCUT2D eigenvalue weighted by molar-refractivity contribution is 5.86. The van der Waals surface area contributed by atoms with Crippen LogP contribution >= 0.6 is 0 Å². The van der Waals surface area contributed by atoms with Crippen molar-refractivity contribution in [2.75, 3.05) is 20.7 Å². The number of H-pyrrole nitrogens is 1. The maximum absolute atomic E-state index is 9.98. The van der Waals surface area contributed by atoms with Crippen LogP contribution in [0, 0.1) is 6.92 Å². The molecule has 1 aromatic heterocycles. The first-order chi connectivity index (χ1) is 13.1. The zero-order valence-corrected chi connectivity index (χ0v) is 16.0. The Morgan fingerprint density at radius 2 is 2.04 bits per heavy atom. The van der Waals surface area contributed by atoms with E-state index in [2.05, 4.69) is 51.9 Å². The fraction of sp³-hybridized carbons (Fsp3) is 0.286. The second kappa shape index (κ2) is 8.49. The first kappa shape index (κ1) is 18.6. The molecule has 0 aliphatic heterocycles. The van der Waals surface area contributed by atoms with Crippen molar-refractivity contribution in [3.05, 3.63) is 59.3 Å². The number of nitrogens with one attached hydrogen (secondary N) is 3. The summed E-state index contributed by atoms with van der Waals surface area (Å²) >= 11 is 0. The Kier molecular flexibility index (Phi) is 5.86. The van der Waals surface area contributed by atoms with Gasteiger partial charge < -0.3 is 25.5 Å². The Hall–Kier alpha value is -3.15. The number of hydrogen-bond acceptors (Lipinski definition) is 3. The molecular formula is C21H26N4O2. The molecular weight excluding hydrogens is 340 g/mol. The molecule has 142 valence electrons. The van der Waals surface area contributed by atoms with E-state index < -0.39 is 0 Å². The van der Waals surface area contributed by atoms with Crippen molar-refractivity contribution >= 4 is 16.9 Å². The van der Waals surface area contributed by atoms with Gasteiger partial charge in [-0.15, -0.1) is 0 Å². The van der Waals surface area contributed by atoms with Gasteiger partial charge in [0.15, 0.2) is 5.96 Å². The van der Waals surface area contributed by atoms with Gasteiger partial charge in [-0.25, -0.2) is 0 Å². The average molecular weight is 366 g/mol. The largest absolute Gasteiger partial charge is 0.508 e. The zero-order chi connectivity index (χ0) is 19.2. The van der Waals surface area contributed by atoms with Gasteiger partial charge in [0.05, 0.1) is 7.11 Å². The van der Waals surface area contributed by atoms with Crippen molar-refractivity contribution in [1.29, 1.82) is 0 Å². The summed E-state index contributed by atoms with van der Waals surface area (Å²) in [4.78, 5) is 7.58. The van der Waals surface area contributed by atoms with Crippen molar-refractivity contribution < 1.29 is 9.84 Å². The molecule has 1 heterocycles. The number of rotatable bonds is 6. The topological polar surface area (TPSA) is 81.7 Å². The first-order valence-corrected chi connectivity index (χ1v) is 8.98. The number of guanidine groups is 1. The maximum atomic E-state index is 9.98. The lowest BCUT2D eigenvalue weighted by Crippen LogP contribution is -2.37. The van der Waals surface area contributed by atoms with Crippen LogP contribution in [0.4, 0.5) is 0 Å². The summed E-state index contributed by atoms with van der Waals surface area (Å²) in [6, 6.07) is 11.5. The molecule has 0 aliphatic rings. The van der Waals surface area contributed by atoms with Crippen LogP contribution in [0.1, 0.15) is 16.7 Å². The minimum atomic E-state index is 0.230. The number of nitrogens with zero attached hydrogens (tertiary/aromatic N) is 1. The number of aryl methyl sites for hydroxylation is 1. The highest BCUT2D eigenvalue weighted by Gasteiger charge is 2.07. The van der Waals surface area contributed by atoms with Crippen molar-refractivity contribution in [3.8, 4) is 11.5 Å². The molecule has 0 radical (unpaired) electrons. The van der Waals surface area contributed by atoms with Gasteiger partial charge in [-0.3, -0.25) is 4.99 Å². The number of aliphatic imine (C=N–C) groups is 1. The van der Waals surface area contributed by atoms with E-state index in [0.717, 1.165) is 18.5 Å². The van der Waals surface area contributed by atoms with E-state index in [1.54, 1.807) is 26.3 Å². The summed E-state index contributed by atoms with van der Waals surface area (Å²) in [6.07, 6.45) is 2.96. The SMILES string of the molecule is CN=C(NCCc1c[nH]c2cccc(C)c12)NCc1cc(OC)ccc1O.